The van der Waals surface area contributed by atoms with Crippen LogP contribution in [0.15, 0.2) is 91.0 Å². The Bertz CT molecular complexity index is 847. The monoisotopic (exact) mass is 749 g/mol. The Labute approximate surface area is 287 Å². The maximum atomic E-state index is 5.75. The minimum atomic E-state index is -0.0364. The lowest BCUT2D eigenvalue weighted by Gasteiger charge is -2.17. The summed E-state index contributed by atoms with van der Waals surface area (Å²) in [4.78, 5) is 0. The third-order valence-electron chi connectivity index (χ3n) is 5.95. The molecule has 3 aromatic rings. The summed E-state index contributed by atoms with van der Waals surface area (Å²) in [5, 5.41) is 5.23. The van der Waals surface area contributed by atoms with Gasteiger partial charge in [-0.3, -0.25) is 0 Å². The Morgan fingerprint density at radius 2 is 0.952 bits per heavy atom. The van der Waals surface area contributed by atoms with E-state index >= 15 is 0 Å². The average Bonchev–Trinajstić information content (AvgIpc) is 3.04. The summed E-state index contributed by atoms with van der Waals surface area (Å²) in [5.74, 6) is 2.18. The van der Waals surface area contributed by atoms with E-state index < -0.39 is 0 Å². The van der Waals surface area contributed by atoms with Gasteiger partial charge in [0.1, 0.15) is 11.8 Å². The highest BCUT2D eigenvalue weighted by molar-refractivity contribution is 9.09. The number of alkyl halides is 4. The number of benzene rings is 3. The minimum absolute atomic E-state index is 0.0364. The fourth-order valence-corrected chi connectivity index (χ4v) is 10.3. The van der Waals surface area contributed by atoms with E-state index in [2.05, 4.69) is 99.7 Å². The molecule has 7 heteroatoms. The summed E-state index contributed by atoms with van der Waals surface area (Å²) >= 11 is 19.9. The van der Waals surface area contributed by atoms with Gasteiger partial charge >= 0.3 is 0 Å². The first-order valence-corrected chi connectivity index (χ1v) is 21.8. The largest absolute Gasteiger partial charge is 0.162 e. The van der Waals surface area contributed by atoms with Gasteiger partial charge < -0.3 is 0 Å². The molecule has 0 fully saturated rings. The lowest BCUT2D eigenvalue weighted by Crippen LogP contribution is -2.06. The predicted octanol–water partition coefficient (Wildman–Crippen LogP) is 11.5. The van der Waals surface area contributed by atoms with E-state index in [0.717, 1.165) is 29.9 Å². The molecule has 1 unspecified atom stereocenters. The zero-order valence-electron chi connectivity index (χ0n) is 25.6. The normalized spacial score (nSPS) is 10.1. The molecule has 0 heterocycles. The van der Waals surface area contributed by atoms with Gasteiger partial charge in [-0.15, -0.1) is 32.4 Å². The van der Waals surface area contributed by atoms with Crippen LogP contribution in [0.5, 0.6) is 0 Å². The molecule has 0 spiro atoms. The molecule has 1 atom stereocenters. The van der Waals surface area contributed by atoms with Crippen LogP contribution in [0.4, 0.5) is 0 Å². The third-order valence-corrected chi connectivity index (χ3v) is 13.0. The molecule has 0 aliphatic carbocycles. The highest BCUT2D eigenvalue weighted by Crippen LogP contribution is 2.37. The molecule has 0 saturated carbocycles. The van der Waals surface area contributed by atoms with Crippen LogP contribution in [0.1, 0.15) is 52.4 Å². The second-order valence-corrected chi connectivity index (χ2v) is 16.8. The van der Waals surface area contributed by atoms with Crippen LogP contribution in [-0.2, 0) is 0 Å². The summed E-state index contributed by atoms with van der Waals surface area (Å²) in [6.45, 7) is 4.58. The van der Waals surface area contributed by atoms with Crippen molar-refractivity contribution in [2.45, 2.75) is 52.4 Å². The SMILES string of the molecule is CCCCP(CCCC)c1ccccc1.ClCCCP(CCCCl)c1ccccc1.ClC[CH+]CBr.Pc1ccccc1. The van der Waals surface area contributed by atoms with Gasteiger partial charge in [-0.05, 0) is 82.2 Å². The highest BCUT2D eigenvalue weighted by atomic mass is 79.9. The summed E-state index contributed by atoms with van der Waals surface area (Å²) < 4.78 is 0. The van der Waals surface area contributed by atoms with Crippen LogP contribution in [0, 0.1) is 6.42 Å². The molecule has 0 radical (unpaired) electrons. The number of hydrogen-bond acceptors (Lipinski definition) is 0. The lowest BCUT2D eigenvalue weighted by atomic mass is 10.4. The number of unbranched alkanes of at least 4 members (excludes halogenated alkanes) is 2. The van der Waals surface area contributed by atoms with E-state index in [1.807, 2.05) is 36.8 Å². The second kappa shape index (κ2) is 32.6. The summed E-state index contributed by atoms with van der Waals surface area (Å²) in [6.07, 6.45) is 14.9. The maximum Gasteiger partial charge on any atom is 0.162 e. The van der Waals surface area contributed by atoms with Crippen molar-refractivity contribution in [3.05, 3.63) is 97.4 Å². The van der Waals surface area contributed by atoms with Gasteiger partial charge in [-0.1, -0.05) is 145 Å². The molecule has 42 heavy (non-hydrogen) atoms. The lowest BCUT2D eigenvalue weighted by molar-refractivity contribution is 0.871. The van der Waals surface area contributed by atoms with E-state index in [9.17, 15) is 0 Å². The van der Waals surface area contributed by atoms with Crippen molar-refractivity contribution in [2.24, 2.45) is 0 Å². The van der Waals surface area contributed by atoms with Gasteiger partial charge in [-0.25, -0.2) is 0 Å². The number of rotatable bonds is 16. The molecule has 0 aliphatic heterocycles. The quantitative estimate of drug-likeness (QED) is 0.0777. The van der Waals surface area contributed by atoms with Gasteiger partial charge in [0.15, 0.2) is 5.88 Å². The van der Waals surface area contributed by atoms with Gasteiger partial charge in [0, 0.05) is 11.8 Å². The van der Waals surface area contributed by atoms with E-state index in [4.69, 9.17) is 34.8 Å². The Balaban J connectivity index is 0.000000582. The molecule has 0 aliphatic rings. The zero-order chi connectivity index (χ0) is 31.1. The molecule has 0 N–H and O–H groups in total. The summed E-state index contributed by atoms with van der Waals surface area (Å²) in [6, 6.07) is 32.0. The zero-order valence-corrected chi connectivity index (χ0v) is 32.4. The molecular formula is C35H52BrCl3P3+. The van der Waals surface area contributed by atoms with Gasteiger partial charge in [0.25, 0.3) is 0 Å². The van der Waals surface area contributed by atoms with Crippen LogP contribution in [0.3, 0.4) is 0 Å². The standard InChI is InChI=1S/C14H23P.C12H17Cl2P.C6H7P.C3H5BrCl/c1-3-5-12-15(13-6-4-2)14-10-8-7-9-11-14;13-8-4-10-15(11-5-9-14)12-6-2-1-3-7-12;7-6-4-2-1-3-5-6;4-2-1-3-5/h7-11H,3-6,12-13H2,1-2H3;1-3,6-7H,4-5,8-11H2;1-5H,7H2;1H,2-3H2/q;;;+1. The first kappa shape index (κ1) is 42.2. The predicted molar refractivity (Wildman–Crippen MR) is 211 cm³/mol. The first-order chi connectivity index (χ1) is 20.6. The molecule has 3 rings (SSSR count). The molecule has 0 saturated heterocycles. The topological polar surface area (TPSA) is 0 Å². The van der Waals surface area contributed by atoms with Crippen molar-refractivity contribution >= 4 is 91.7 Å². The van der Waals surface area contributed by atoms with E-state index in [1.165, 1.54) is 60.9 Å². The first-order valence-electron chi connectivity index (χ1n) is 15.0. The van der Waals surface area contributed by atoms with Crippen molar-refractivity contribution in [3.8, 4) is 0 Å². The molecule has 3 aromatic carbocycles. The van der Waals surface area contributed by atoms with Gasteiger partial charge in [0.05, 0.1) is 0 Å². The van der Waals surface area contributed by atoms with Gasteiger partial charge in [0.2, 0.25) is 0 Å². The van der Waals surface area contributed by atoms with Crippen LogP contribution >= 0.6 is 75.8 Å². The van der Waals surface area contributed by atoms with E-state index in [0.29, 0.717) is 5.88 Å². The summed E-state index contributed by atoms with van der Waals surface area (Å²) in [7, 11) is 2.73. The molecule has 0 bridgehead atoms. The molecular weight excluding hydrogens is 700 g/mol. The van der Waals surface area contributed by atoms with Crippen molar-refractivity contribution in [1.82, 2.24) is 0 Å². The third kappa shape index (κ3) is 24.5. The van der Waals surface area contributed by atoms with Gasteiger partial charge in [-0.2, -0.15) is 0 Å². The minimum Gasteiger partial charge on any atom is -0.127 e. The van der Waals surface area contributed by atoms with Crippen molar-refractivity contribution < 1.29 is 0 Å². The highest BCUT2D eigenvalue weighted by Gasteiger charge is 2.10. The van der Waals surface area contributed by atoms with Crippen LogP contribution in [0.25, 0.3) is 0 Å². The smallest absolute Gasteiger partial charge is 0.127 e. The molecule has 0 nitrogen and oxygen atoms in total. The fourth-order valence-electron chi connectivity index (χ4n) is 3.71. The van der Waals surface area contributed by atoms with Crippen molar-refractivity contribution in [2.75, 3.05) is 47.6 Å². The Kier molecular flexibility index (Phi) is 32.7. The summed E-state index contributed by atoms with van der Waals surface area (Å²) in [5.41, 5.74) is 0. The Hall–Kier alpha value is 0.170. The van der Waals surface area contributed by atoms with E-state index in [-0.39, 0.29) is 15.8 Å². The van der Waals surface area contributed by atoms with E-state index in [1.54, 1.807) is 5.30 Å². The number of halogens is 4. The van der Waals surface area contributed by atoms with Crippen molar-refractivity contribution in [1.29, 1.82) is 0 Å². The fraction of sp³-hybridized carbons (Fsp3) is 0.457. The van der Waals surface area contributed by atoms with Crippen LogP contribution < -0.4 is 15.9 Å². The molecule has 234 valence electrons. The van der Waals surface area contributed by atoms with Crippen LogP contribution in [-0.4, -0.2) is 47.6 Å². The number of hydrogen-bond donors (Lipinski definition) is 0. The Morgan fingerprint density at radius 3 is 1.19 bits per heavy atom. The molecule has 0 amide bonds. The Morgan fingerprint density at radius 1 is 0.595 bits per heavy atom. The molecule has 0 aromatic heterocycles. The second-order valence-electron chi connectivity index (χ2n) is 9.45. The average molecular weight is 752 g/mol. The van der Waals surface area contributed by atoms with Crippen LogP contribution in [0.2, 0.25) is 0 Å². The maximum absolute atomic E-state index is 5.75. The van der Waals surface area contributed by atoms with Crippen molar-refractivity contribution in [3.63, 3.8) is 0 Å².